The summed E-state index contributed by atoms with van der Waals surface area (Å²) in [6.45, 7) is 0. The molecule has 0 fully saturated rings. The molecule has 0 N–H and O–H groups in total. The molecular weight excluding hydrogens is 183 g/mol. The Morgan fingerprint density at radius 2 is 1.00 bits per heavy atom. The Kier molecular flexibility index (Phi) is 268. The number of hydrogen-bond donors (Lipinski definition) is 0. The van der Waals surface area contributed by atoms with Gasteiger partial charge in [0.05, 0.1) is 8.41 Å². The second kappa shape index (κ2) is 23.2. The first-order valence-electron chi connectivity index (χ1n) is 0. The zero-order valence-electron chi connectivity index (χ0n) is 0.894. The third kappa shape index (κ3) is 9.49. The van der Waals surface area contributed by atoms with Crippen LogP contribution in [0.2, 0.25) is 0 Å². The van der Waals surface area contributed by atoms with E-state index in [0.717, 1.165) is 0 Å². The molecule has 4 heavy (non-hydrogen) atoms. The molecule has 0 aromatic carbocycles. The molecule has 0 aliphatic heterocycles. The molecule has 0 atom stereocenters. The maximum atomic E-state index is 0. The molecule has 0 heterocycles. The van der Waals surface area contributed by atoms with Crippen LogP contribution in [0.15, 0.2) is 0 Å². The molecule has 4 heteroatoms. The number of hydrogen-bond acceptors (Lipinski definition) is 0. The molecule has 24 valence electrons. The van der Waals surface area contributed by atoms with Gasteiger partial charge in [0.2, 0.25) is 0 Å². The average Bonchev–Trinajstić information content (AvgIpc) is 0. The zero-order chi connectivity index (χ0) is 0. The van der Waals surface area contributed by atoms with E-state index in [2.05, 4.69) is 0 Å². The standard InChI is InChI=1S/BH3.Nb.H4Si.V/h1H3;;1H4;. The molecule has 0 nitrogen and oxygen atoms in total. The van der Waals surface area contributed by atoms with Gasteiger partial charge in [0.1, 0.15) is 0 Å². The fraction of sp³-hybridized carbons (Fsp3) is 0. The van der Waals surface area contributed by atoms with Crippen molar-refractivity contribution in [3.63, 3.8) is 0 Å². The Labute approximate surface area is 60.1 Å². The van der Waals surface area contributed by atoms with Crippen molar-refractivity contribution in [1.82, 2.24) is 0 Å². The summed E-state index contributed by atoms with van der Waals surface area (Å²) in [4.78, 5) is 0. The van der Waals surface area contributed by atoms with Gasteiger partial charge in [-0.15, -0.1) is 0 Å². The minimum absolute atomic E-state index is 0. The monoisotopic (exact) mass is 190 g/mol. The maximum absolute atomic E-state index is 0. The molecular formula is H7BNbSiV. The maximum Gasteiger partial charge on any atom is 0.0814 e. The minimum Gasteiger partial charge on any atom is -0.0149 e. The Hall–Kier alpha value is 1.61. The van der Waals surface area contributed by atoms with Crippen LogP contribution in [0.1, 0.15) is 0 Å². The Bertz CT molecular complexity index is 8.00. The van der Waals surface area contributed by atoms with Crippen LogP contribution in [0, 0.1) is 0 Å². The summed E-state index contributed by atoms with van der Waals surface area (Å²) in [6.07, 6.45) is 0. The third-order valence-electron chi connectivity index (χ3n) is 0. The predicted molar refractivity (Wildman–Crippen MR) is 21.3 cm³/mol. The van der Waals surface area contributed by atoms with E-state index in [1.54, 1.807) is 0 Å². The molecule has 0 aromatic heterocycles. The second-order valence-corrected chi connectivity index (χ2v) is 0. The van der Waals surface area contributed by atoms with Gasteiger partial charge in [-0.05, 0) is 11.0 Å². The molecule has 0 aliphatic carbocycles. The summed E-state index contributed by atoms with van der Waals surface area (Å²) >= 11 is 0. The minimum atomic E-state index is 0. The van der Waals surface area contributed by atoms with E-state index in [1.807, 2.05) is 0 Å². The van der Waals surface area contributed by atoms with Gasteiger partial charge >= 0.3 is 0 Å². The first-order chi connectivity index (χ1) is 0. The van der Waals surface area contributed by atoms with E-state index < -0.39 is 0 Å². The van der Waals surface area contributed by atoms with Crippen molar-refractivity contribution >= 4 is 19.4 Å². The average molecular weight is 190 g/mol. The van der Waals surface area contributed by atoms with E-state index in [1.165, 1.54) is 0 Å². The van der Waals surface area contributed by atoms with Gasteiger partial charge < -0.3 is 0 Å². The molecule has 0 unspecified atom stereocenters. The SMILES string of the molecule is B.[Nb].[SiH4].[V]. The molecule has 0 rings (SSSR count). The molecule has 0 saturated carbocycles. The van der Waals surface area contributed by atoms with Gasteiger partial charge in [-0.2, -0.15) is 0 Å². The largest absolute Gasteiger partial charge is 0.0814 e. The zero-order valence-corrected chi connectivity index (χ0v) is 4.49. The van der Waals surface area contributed by atoms with Crippen LogP contribution in [-0.2, 0) is 40.9 Å². The van der Waals surface area contributed by atoms with Crippen molar-refractivity contribution in [2.45, 2.75) is 0 Å². The molecule has 0 aliphatic rings. The smallest absolute Gasteiger partial charge is 0.0149 e. The van der Waals surface area contributed by atoms with Crippen LogP contribution >= 0.6 is 0 Å². The van der Waals surface area contributed by atoms with Crippen LogP contribution in [-0.4, -0.2) is 19.4 Å². The summed E-state index contributed by atoms with van der Waals surface area (Å²) in [5, 5.41) is 0. The molecule has 0 bridgehead atoms. The molecule has 0 amide bonds. The Balaban J connectivity index is 0. The number of rotatable bonds is 0. The van der Waals surface area contributed by atoms with Gasteiger partial charge in [0.15, 0.2) is 0 Å². The van der Waals surface area contributed by atoms with Crippen molar-refractivity contribution in [3.05, 3.63) is 0 Å². The van der Waals surface area contributed by atoms with Gasteiger partial charge in [0.25, 0.3) is 0 Å². The van der Waals surface area contributed by atoms with E-state index >= 15 is 0 Å². The van der Waals surface area contributed by atoms with Crippen molar-refractivity contribution < 1.29 is 40.9 Å². The first-order valence-corrected chi connectivity index (χ1v) is 0. The fourth-order valence-electron chi connectivity index (χ4n) is 0. The molecule has 0 aromatic rings. The van der Waals surface area contributed by atoms with Gasteiger partial charge in [-0.1, -0.05) is 0 Å². The van der Waals surface area contributed by atoms with Crippen molar-refractivity contribution in [3.8, 4) is 0 Å². The van der Waals surface area contributed by atoms with Crippen LogP contribution in [0.25, 0.3) is 0 Å². The van der Waals surface area contributed by atoms with E-state index in [-0.39, 0.29) is 60.3 Å². The van der Waals surface area contributed by atoms with E-state index in [9.17, 15) is 0 Å². The van der Waals surface area contributed by atoms with E-state index in [0.29, 0.717) is 0 Å². The Morgan fingerprint density at radius 3 is 1.00 bits per heavy atom. The van der Waals surface area contributed by atoms with Crippen LogP contribution in [0.3, 0.4) is 0 Å². The van der Waals surface area contributed by atoms with Gasteiger partial charge in [0, 0.05) is 40.9 Å². The van der Waals surface area contributed by atoms with E-state index in [4.69, 9.17) is 0 Å². The van der Waals surface area contributed by atoms with Crippen molar-refractivity contribution in [2.24, 2.45) is 0 Å². The predicted octanol–water partition coefficient (Wildman–Crippen LogP) is -2.64. The molecule has 0 saturated heterocycles. The van der Waals surface area contributed by atoms with Crippen molar-refractivity contribution in [1.29, 1.82) is 0 Å². The topological polar surface area (TPSA) is 0 Å². The third-order valence-corrected chi connectivity index (χ3v) is 0. The molecule has 2 radical (unpaired) electrons. The summed E-state index contributed by atoms with van der Waals surface area (Å²) < 4.78 is 0. The summed E-state index contributed by atoms with van der Waals surface area (Å²) in [5.74, 6) is 0. The first kappa shape index (κ1) is 46.1. The van der Waals surface area contributed by atoms with Crippen molar-refractivity contribution in [2.75, 3.05) is 0 Å². The fourth-order valence-corrected chi connectivity index (χ4v) is 0. The van der Waals surface area contributed by atoms with Gasteiger partial charge in [-0.25, -0.2) is 0 Å². The quantitative estimate of drug-likeness (QED) is 0.366. The van der Waals surface area contributed by atoms with Crippen LogP contribution < -0.4 is 0 Å². The van der Waals surface area contributed by atoms with Crippen LogP contribution in [0.5, 0.6) is 0 Å². The summed E-state index contributed by atoms with van der Waals surface area (Å²) in [5.41, 5.74) is 0. The van der Waals surface area contributed by atoms with Gasteiger partial charge in [-0.3, -0.25) is 0 Å². The summed E-state index contributed by atoms with van der Waals surface area (Å²) in [6, 6.07) is 0. The summed E-state index contributed by atoms with van der Waals surface area (Å²) in [7, 11) is 0. The second-order valence-electron chi connectivity index (χ2n) is 0. The molecule has 0 spiro atoms. The Morgan fingerprint density at radius 1 is 1.00 bits per heavy atom. The van der Waals surface area contributed by atoms with Crippen LogP contribution in [0.4, 0.5) is 0 Å². The normalized spacial score (nSPS) is 0.